The fourth-order valence-corrected chi connectivity index (χ4v) is 1.79. The maximum atomic E-state index is 11.9. The maximum absolute atomic E-state index is 11.9. The van der Waals surface area contributed by atoms with Gasteiger partial charge in [0.1, 0.15) is 12.2 Å². The second-order valence-electron chi connectivity index (χ2n) is 4.06. The summed E-state index contributed by atoms with van der Waals surface area (Å²) in [5.74, 6) is -0.613. The van der Waals surface area contributed by atoms with Crippen LogP contribution >= 0.6 is 11.6 Å². The predicted octanol–water partition coefficient (Wildman–Crippen LogP) is 3.41. The number of para-hydroxylation sites is 1. The Bertz CT molecular complexity index is 608. The summed E-state index contributed by atoms with van der Waals surface area (Å²) in [6.07, 6.45) is 0. The van der Waals surface area contributed by atoms with Gasteiger partial charge in [0.15, 0.2) is 11.5 Å². The van der Waals surface area contributed by atoms with E-state index >= 15 is 0 Å². The minimum atomic E-state index is -0.614. The van der Waals surface area contributed by atoms with Crippen molar-refractivity contribution in [2.75, 3.05) is 7.11 Å². The van der Waals surface area contributed by atoms with Gasteiger partial charge in [0, 0.05) is 5.02 Å². The monoisotopic (exact) mass is 292 g/mol. The van der Waals surface area contributed by atoms with Crippen molar-refractivity contribution < 1.29 is 19.4 Å². The van der Waals surface area contributed by atoms with Crippen LogP contribution in [0.2, 0.25) is 5.02 Å². The summed E-state index contributed by atoms with van der Waals surface area (Å²) in [6, 6.07) is 11.6. The minimum absolute atomic E-state index is 0.0679. The molecule has 2 rings (SSSR count). The predicted molar refractivity (Wildman–Crippen MR) is 75.2 cm³/mol. The standard InChI is InChI=1S/C15H13ClO4/c1-19-13-4-2-3-12(14(13)17)15(18)20-9-10-5-7-11(16)8-6-10/h2-8,17H,9H2,1H3. The van der Waals surface area contributed by atoms with Gasteiger partial charge >= 0.3 is 5.97 Å². The third kappa shape index (κ3) is 3.22. The van der Waals surface area contributed by atoms with Gasteiger partial charge in [0.2, 0.25) is 0 Å². The molecule has 0 spiro atoms. The Labute approximate surface area is 121 Å². The number of hydrogen-bond donors (Lipinski definition) is 1. The van der Waals surface area contributed by atoms with E-state index in [2.05, 4.69) is 0 Å². The van der Waals surface area contributed by atoms with Crippen molar-refractivity contribution in [3.8, 4) is 11.5 Å². The fraction of sp³-hybridized carbons (Fsp3) is 0.133. The average Bonchev–Trinajstić information content (AvgIpc) is 2.46. The number of ether oxygens (including phenoxy) is 2. The number of phenolic OH excluding ortho intramolecular Hbond substituents is 1. The number of esters is 1. The Balaban J connectivity index is 2.07. The molecule has 2 aromatic carbocycles. The molecule has 0 atom stereocenters. The van der Waals surface area contributed by atoms with Gasteiger partial charge in [-0.3, -0.25) is 0 Å². The highest BCUT2D eigenvalue weighted by molar-refractivity contribution is 6.30. The maximum Gasteiger partial charge on any atom is 0.342 e. The zero-order valence-corrected chi connectivity index (χ0v) is 11.6. The van der Waals surface area contributed by atoms with Crippen molar-refractivity contribution in [2.45, 2.75) is 6.61 Å². The SMILES string of the molecule is COc1cccc(C(=O)OCc2ccc(Cl)cc2)c1O. The summed E-state index contributed by atoms with van der Waals surface area (Å²) in [4.78, 5) is 11.9. The molecule has 104 valence electrons. The van der Waals surface area contributed by atoms with E-state index in [0.717, 1.165) is 5.56 Å². The van der Waals surface area contributed by atoms with Crippen molar-refractivity contribution in [1.82, 2.24) is 0 Å². The number of carbonyl (C=O) groups excluding carboxylic acids is 1. The molecule has 0 amide bonds. The molecule has 0 aliphatic carbocycles. The Kier molecular flexibility index (Phi) is 4.48. The molecule has 0 fully saturated rings. The largest absolute Gasteiger partial charge is 0.504 e. The molecule has 0 heterocycles. The lowest BCUT2D eigenvalue weighted by Crippen LogP contribution is -2.06. The number of hydrogen-bond acceptors (Lipinski definition) is 4. The summed E-state index contributed by atoms with van der Waals surface area (Å²) >= 11 is 5.77. The summed E-state index contributed by atoms with van der Waals surface area (Å²) in [6.45, 7) is 0.104. The molecular weight excluding hydrogens is 280 g/mol. The number of aromatic hydroxyl groups is 1. The van der Waals surface area contributed by atoms with E-state index in [4.69, 9.17) is 21.1 Å². The van der Waals surface area contributed by atoms with E-state index in [0.29, 0.717) is 5.02 Å². The first-order valence-corrected chi connectivity index (χ1v) is 6.27. The van der Waals surface area contributed by atoms with Crippen LogP contribution in [0.15, 0.2) is 42.5 Å². The van der Waals surface area contributed by atoms with Gasteiger partial charge in [0.05, 0.1) is 7.11 Å². The molecule has 0 saturated carbocycles. The van der Waals surface area contributed by atoms with Crippen molar-refractivity contribution >= 4 is 17.6 Å². The van der Waals surface area contributed by atoms with Crippen LogP contribution in [0, 0.1) is 0 Å². The first-order valence-electron chi connectivity index (χ1n) is 5.89. The molecule has 0 aliphatic heterocycles. The van der Waals surface area contributed by atoms with Gasteiger partial charge in [-0.1, -0.05) is 29.8 Å². The summed E-state index contributed by atoms with van der Waals surface area (Å²) in [5, 5.41) is 10.5. The molecule has 2 aromatic rings. The lowest BCUT2D eigenvalue weighted by atomic mass is 10.2. The van der Waals surface area contributed by atoms with Crippen molar-refractivity contribution in [2.24, 2.45) is 0 Å². The molecule has 0 saturated heterocycles. The van der Waals surface area contributed by atoms with Gasteiger partial charge in [-0.05, 0) is 29.8 Å². The van der Waals surface area contributed by atoms with Crippen LogP contribution in [0.25, 0.3) is 0 Å². The van der Waals surface area contributed by atoms with Gasteiger partial charge in [-0.2, -0.15) is 0 Å². The van der Waals surface area contributed by atoms with Crippen LogP contribution in [-0.4, -0.2) is 18.2 Å². The van der Waals surface area contributed by atoms with Crippen LogP contribution in [-0.2, 0) is 11.3 Å². The Morgan fingerprint density at radius 1 is 1.20 bits per heavy atom. The average molecular weight is 293 g/mol. The first kappa shape index (κ1) is 14.2. The summed E-state index contributed by atoms with van der Waals surface area (Å²) in [5.41, 5.74) is 0.878. The van der Waals surface area contributed by atoms with E-state index in [1.54, 1.807) is 36.4 Å². The van der Waals surface area contributed by atoms with E-state index in [-0.39, 0.29) is 23.7 Å². The number of methoxy groups -OCH3 is 1. The molecule has 4 nitrogen and oxygen atoms in total. The van der Waals surface area contributed by atoms with Gasteiger partial charge in [-0.15, -0.1) is 0 Å². The highest BCUT2D eigenvalue weighted by atomic mass is 35.5. The van der Waals surface area contributed by atoms with Crippen LogP contribution in [0.3, 0.4) is 0 Å². The Morgan fingerprint density at radius 2 is 1.90 bits per heavy atom. The van der Waals surface area contributed by atoms with E-state index in [1.807, 2.05) is 0 Å². The topological polar surface area (TPSA) is 55.8 Å². The first-order chi connectivity index (χ1) is 9.61. The molecule has 0 unspecified atom stereocenters. The zero-order valence-electron chi connectivity index (χ0n) is 10.8. The second kappa shape index (κ2) is 6.30. The van der Waals surface area contributed by atoms with Gasteiger partial charge in [0.25, 0.3) is 0 Å². The molecule has 0 radical (unpaired) electrons. The number of carbonyl (C=O) groups is 1. The molecular formula is C15H13ClO4. The third-order valence-electron chi connectivity index (χ3n) is 2.72. The third-order valence-corrected chi connectivity index (χ3v) is 2.97. The summed E-state index contributed by atoms with van der Waals surface area (Å²) < 4.78 is 10.1. The molecule has 0 bridgehead atoms. The van der Waals surface area contributed by atoms with Crippen molar-refractivity contribution in [3.05, 3.63) is 58.6 Å². The molecule has 20 heavy (non-hydrogen) atoms. The Hall–Kier alpha value is -2.20. The van der Waals surface area contributed by atoms with E-state index < -0.39 is 5.97 Å². The minimum Gasteiger partial charge on any atom is -0.504 e. The van der Waals surface area contributed by atoms with Crippen LogP contribution < -0.4 is 4.74 Å². The molecule has 5 heteroatoms. The zero-order chi connectivity index (χ0) is 14.5. The van der Waals surface area contributed by atoms with E-state index in [9.17, 15) is 9.90 Å². The van der Waals surface area contributed by atoms with E-state index in [1.165, 1.54) is 13.2 Å². The lowest BCUT2D eigenvalue weighted by molar-refractivity contribution is 0.0469. The number of benzene rings is 2. The lowest BCUT2D eigenvalue weighted by Gasteiger charge is -2.09. The van der Waals surface area contributed by atoms with Crippen LogP contribution in [0.5, 0.6) is 11.5 Å². The number of halogens is 1. The Morgan fingerprint density at radius 3 is 2.55 bits per heavy atom. The van der Waals surface area contributed by atoms with Gasteiger partial charge in [-0.25, -0.2) is 4.79 Å². The number of phenols is 1. The van der Waals surface area contributed by atoms with Crippen LogP contribution in [0.1, 0.15) is 15.9 Å². The fourth-order valence-electron chi connectivity index (χ4n) is 1.66. The molecule has 0 aliphatic rings. The van der Waals surface area contributed by atoms with Crippen LogP contribution in [0.4, 0.5) is 0 Å². The highest BCUT2D eigenvalue weighted by Crippen LogP contribution is 2.29. The quantitative estimate of drug-likeness (QED) is 0.877. The van der Waals surface area contributed by atoms with Crippen molar-refractivity contribution in [1.29, 1.82) is 0 Å². The van der Waals surface area contributed by atoms with Gasteiger partial charge < -0.3 is 14.6 Å². The molecule has 0 aromatic heterocycles. The second-order valence-corrected chi connectivity index (χ2v) is 4.50. The van der Waals surface area contributed by atoms with Crippen molar-refractivity contribution in [3.63, 3.8) is 0 Å². The summed E-state index contributed by atoms with van der Waals surface area (Å²) in [7, 11) is 1.41. The number of rotatable bonds is 4. The smallest absolute Gasteiger partial charge is 0.342 e. The molecule has 1 N–H and O–H groups in total. The normalized spacial score (nSPS) is 10.1. The highest BCUT2D eigenvalue weighted by Gasteiger charge is 2.16.